The van der Waals surface area contributed by atoms with E-state index in [4.69, 9.17) is 4.42 Å². The minimum absolute atomic E-state index is 0. The summed E-state index contributed by atoms with van der Waals surface area (Å²) in [4.78, 5) is 42.0. The van der Waals surface area contributed by atoms with E-state index in [1.807, 2.05) is 27.9 Å². The monoisotopic (exact) mass is 543 g/mol. The summed E-state index contributed by atoms with van der Waals surface area (Å²) in [6, 6.07) is -0.787. The summed E-state index contributed by atoms with van der Waals surface area (Å²) in [7, 11) is 3.97. The molecule has 36 heavy (non-hydrogen) atoms. The van der Waals surface area contributed by atoms with Crippen molar-refractivity contribution in [2.45, 2.75) is 94.9 Å². The van der Waals surface area contributed by atoms with E-state index in [1.54, 1.807) is 0 Å². The summed E-state index contributed by atoms with van der Waals surface area (Å²) in [6.45, 7) is 4.85. The Balaban J connectivity index is 0.00000456. The van der Waals surface area contributed by atoms with Gasteiger partial charge in [0.05, 0.1) is 6.04 Å². The van der Waals surface area contributed by atoms with Crippen molar-refractivity contribution in [3.8, 4) is 0 Å². The number of nitrogens with one attached hydrogen (secondary N) is 2. The molecule has 0 spiro atoms. The molecule has 2 saturated carbocycles. The van der Waals surface area contributed by atoms with Gasteiger partial charge in [0, 0.05) is 18.2 Å². The SMILES string of the molecule is CC(C)CC(NC(=O)C1(NC(=O)C2CCCC2)CCCCC1)C(=O)c1nnc(SCCN(C)C)o1.Cl. The molecule has 204 valence electrons. The molecule has 1 aromatic heterocycles. The third kappa shape index (κ3) is 8.45. The van der Waals surface area contributed by atoms with Crippen molar-refractivity contribution in [3.63, 3.8) is 0 Å². The molecule has 0 saturated heterocycles. The van der Waals surface area contributed by atoms with Crippen molar-refractivity contribution in [1.29, 1.82) is 0 Å². The zero-order chi connectivity index (χ0) is 25.4. The second kappa shape index (κ2) is 14.3. The molecule has 0 aliphatic heterocycles. The zero-order valence-corrected chi connectivity index (χ0v) is 23.6. The molecule has 1 aromatic rings. The molecule has 0 radical (unpaired) electrons. The molecule has 3 rings (SSSR count). The topological polar surface area (TPSA) is 117 Å². The number of hydrogen-bond acceptors (Lipinski definition) is 8. The lowest BCUT2D eigenvalue weighted by Gasteiger charge is -2.38. The van der Waals surface area contributed by atoms with Gasteiger partial charge in [-0.2, -0.15) is 0 Å². The fourth-order valence-corrected chi connectivity index (χ4v) is 5.79. The van der Waals surface area contributed by atoms with Crippen LogP contribution in [0.15, 0.2) is 9.64 Å². The molecule has 2 amide bonds. The number of Topliss-reactive ketones (excluding diaryl/α,β-unsaturated/α-hetero) is 1. The van der Waals surface area contributed by atoms with E-state index in [2.05, 4.69) is 25.7 Å². The maximum absolute atomic E-state index is 13.7. The lowest BCUT2D eigenvalue weighted by molar-refractivity contribution is -0.137. The first-order valence-corrected chi connectivity index (χ1v) is 14.0. The molecule has 1 heterocycles. The zero-order valence-electron chi connectivity index (χ0n) is 22.0. The summed E-state index contributed by atoms with van der Waals surface area (Å²) in [5.41, 5.74) is -0.963. The van der Waals surface area contributed by atoms with Crippen LogP contribution in [0.3, 0.4) is 0 Å². The number of nitrogens with zero attached hydrogens (tertiary/aromatic N) is 3. The van der Waals surface area contributed by atoms with E-state index < -0.39 is 11.6 Å². The minimum atomic E-state index is -0.963. The minimum Gasteiger partial charge on any atom is -0.408 e. The van der Waals surface area contributed by atoms with Gasteiger partial charge in [0.25, 0.3) is 11.1 Å². The predicted molar refractivity (Wildman–Crippen MR) is 142 cm³/mol. The van der Waals surface area contributed by atoms with E-state index in [1.165, 1.54) is 11.8 Å². The van der Waals surface area contributed by atoms with Crippen LogP contribution in [0.4, 0.5) is 0 Å². The van der Waals surface area contributed by atoms with Crippen LogP contribution in [-0.2, 0) is 9.59 Å². The van der Waals surface area contributed by atoms with Crippen LogP contribution in [0.25, 0.3) is 0 Å². The summed E-state index contributed by atoms with van der Waals surface area (Å²) >= 11 is 1.40. The van der Waals surface area contributed by atoms with Crippen molar-refractivity contribution in [3.05, 3.63) is 5.89 Å². The number of hydrogen-bond donors (Lipinski definition) is 2. The predicted octanol–water partition coefficient (Wildman–Crippen LogP) is 3.87. The summed E-state index contributed by atoms with van der Waals surface area (Å²) in [5.74, 6) is 0.138. The molecule has 1 atom stereocenters. The summed E-state index contributed by atoms with van der Waals surface area (Å²) < 4.78 is 5.63. The Morgan fingerprint density at radius 2 is 1.75 bits per heavy atom. The van der Waals surface area contributed by atoms with Crippen LogP contribution in [0.5, 0.6) is 0 Å². The number of halogens is 1. The highest BCUT2D eigenvalue weighted by Gasteiger charge is 2.44. The Morgan fingerprint density at radius 1 is 1.08 bits per heavy atom. The number of aromatic nitrogens is 2. The maximum Gasteiger partial charge on any atom is 0.286 e. The molecule has 2 fully saturated rings. The van der Waals surface area contributed by atoms with Crippen molar-refractivity contribution >= 4 is 41.8 Å². The summed E-state index contributed by atoms with van der Waals surface area (Å²) in [6.07, 6.45) is 8.29. The number of rotatable bonds is 12. The van der Waals surface area contributed by atoms with Gasteiger partial charge in [-0.1, -0.05) is 57.7 Å². The van der Waals surface area contributed by atoms with Gasteiger partial charge in [0.1, 0.15) is 5.54 Å². The lowest BCUT2D eigenvalue weighted by atomic mass is 9.80. The molecule has 2 N–H and O–H groups in total. The van der Waals surface area contributed by atoms with Crippen molar-refractivity contribution < 1.29 is 18.8 Å². The highest BCUT2D eigenvalue weighted by Crippen LogP contribution is 2.32. The molecule has 11 heteroatoms. The second-order valence-electron chi connectivity index (χ2n) is 10.7. The van der Waals surface area contributed by atoms with Gasteiger partial charge in [0.15, 0.2) is 0 Å². The van der Waals surface area contributed by atoms with Crippen molar-refractivity contribution in [2.24, 2.45) is 11.8 Å². The Labute approximate surface area is 225 Å². The Kier molecular flexibility index (Phi) is 12.2. The highest BCUT2D eigenvalue weighted by molar-refractivity contribution is 7.99. The molecule has 9 nitrogen and oxygen atoms in total. The largest absolute Gasteiger partial charge is 0.408 e. The van der Waals surface area contributed by atoms with Gasteiger partial charge in [-0.15, -0.1) is 22.6 Å². The molecule has 0 aromatic carbocycles. The van der Waals surface area contributed by atoms with Crippen LogP contribution in [0.2, 0.25) is 0 Å². The van der Waals surface area contributed by atoms with Crippen molar-refractivity contribution in [1.82, 2.24) is 25.7 Å². The maximum atomic E-state index is 13.7. The van der Waals surface area contributed by atoms with E-state index in [9.17, 15) is 14.4 Å². The Morgan fingerprint density at radius 3 is 2.36 bits per heavy atom. The van der Waals surface area contributed by atoms with Gasteiger partial charge in [-0.05, 0) is 52.1 Å². The first-order chi connectivity index (χ1) is 16.7. The van der Waals surface area contributed by atoms with Crippen LogP contribution in [0, 0.1) is 11.8 Å². The van der Waals surface area contributed by atoms with E-state index in [-0.39, 0.29) is 47.7 Å². The van der Waals surface area contributed by atoms with Gasteiger partial charge in [-0.25, -0.2) is 0 Å². The van der Waals surface area contributed by atoms with Crippen molar-refractivity contribution in [2.75, 3.05) is 26.4 Å². The number of ketones is 1. The number of carbonyl (C=O) groups excluding carboxylic acids is 3. The van der Waals surface area contributed by atoms with Gasteiger partial charge >= 0.3 is 0 Å². The first-order valence-electron chi connectivity index (χ1n) is 13.0. The molecule has 2 aliphatic carbocycles. The highest BCUT2D eigenvalue weighted by atomic mass is 35.5. The molecule has 2 aliphatic rings. The van der Waals surface area contributed by atoms with Gasteiger partial charge < -0.3 is 20.0 Å². The first kappa shape index (κ1) is 30.6. The van der Waals surface area contributed by atoms with E-state index >= 15 is 0 Å². The fourth-order valence-electron chi connectivity index (χ4n) is 4.92. The number of carbonyl (C=O) groups is 3. The van der Waals surface area contributed by atoms with E-state index in [0.717, 1.165) is 57.2 Å². The quantitative estimate of drug-likeness (QED) is 0.301. The smallest absolute Gasteiger partial charge is 0.286 e. The normalized spacial score (nSPS) is 18.6. The fraction of sp³-hybridized carbons (Fsp3) is 0.800. The summed E-state index contributed by atoms with van der Waals surface area (Å²) in [5, 5.41) is 14.4. The molecule has 1 unspecified atom stereocenters. The van der Waals surface area contributed by atoms with Gasteiger partial charge in [0.2, 0.25) is 17.6 Å². The standard InChI is InChI=1S/C25H41N5O4S.ClH/c1-17(2)16-19(20(31)22-28-29-24(34-22)35-15-14-30(3)4)26-23(33)25(12-8-5-9-13-25)27-21(32)18-10-6-7-11-18;/h17-19H,5-16H2,1-4H3,(H,26,33)(H,27,32);1H. The second-order valence-corrected chi connectivity index (χ2v) is 11.7. The third-order valence-corrected chi connectivity index (χ3v) is 7.74. The number of amides is 2. The van der Waals surface area contributed by atoms with Crippen LogP contribution in [0.1, 0.15) is 88.7 Å². The molecular formula is C25H42ClN5O4S. The Bertz CT molecular complexity index is 866. The van der Waals surface area contributed by atoms with Crippen LogP contribution in [-0.4, -0.2) is 70.7 Å². The molecule has 0 bridgehead atoms. The van der Waals surface area contributed by atoms with Gasteiger partial charge in [-0.3, -0.25) is 14.4 Å². The van der Waals surface area contributed by atoms with Crippen LogP contribution >= 0.6 is 24.2 Å². The Hall–Kier alpha value is -1.65. The average Bonchev–Trinajstić information content (AvgIpc) is 3.51. The third-order valence-electron chi connectivity index (χ3n) is 6.94. The van der Waals surface area contributed by atoms with E-state index in [0.29, 0.717) is 24.5 Å². The molecular weight excluding hydrogens is 502 g/mol. The van der Waals surface area contributed by atoms with Crippen LogP contribution < -0.4 is 10.6 Å². The number of thioether (sulfide) groups is 1. The lowest BCUT2D eigenvalue weighted by Crippen LogP contribution is -2.62. The average molecular weight is 544 g/mol.